The molecule has 23 N–H and O–H groups in total. The highest BCUT2D eigenvalue weighted by molar-refractivity contribution is 5.76. The molecule has 35 atom stereocenters. The van der Waals surface area contributed by atoms with Crippen LogP contribution in [-0.2, 0) is 90.3 Å². The van der Waals surface area contributed by atoms with E-state index in [0.717, 1.165) is 20.8 Å². The molecule has 7 rings (SSSR count). The van der Waals surface area contributed by atoms with E-state index in [1.807, 2.05) is 0 Å². The lowest BCUT2D eigenvalue weighted by Crippen LogP contribution is -2.69. The van der Waals surface area contributed by atoms with Gasteiger partial charge in [-0.15, -0.1) is 0 Å². The van der Waals surface area contributed by atoms with E-state index in [0.29, 0.717) is 0 Å². The van der Waals surface area contributed by atoms with Crippen LogP contribution in [0, 0.1) is 0 Å². The minimum Gasteiger partial charge on any atom is -0.479 e. The zero-order valence-electron chi connectivity index (χ0n) is 47.2. The highest BCUT2D eigenvalue weighted by Crippen LogP contribution is 2.36. The molecular formula is C48H75N3O39. The molecule has 7 aliphatic rings. The summed E-state index contributed by atoms with van der Waals surface area (Å²) in [5, 5.41) is 219. The van der Waals surface area contributed by atoms with Crippen LogP contribution in [0.4, 0.5) is 0 Å². The van der Waals surface area contributed by atoms with E-state index in [2.05, 4.69) is 16.0 Å². The average Bonchev–Trinajstić information content (AvgIpc) is 3.49. The number of aliphatic hydroxyl groups excluding tert-OH is 17. The molecule has 0 radical (unpaired) electrons. The summed E-state index contributed by atoms with van der Waals surface area (Å²) in [6.07, 6.45) is -67.8. The number of carbonyl (C=O) groups excluding carboxylic acids is 3. The largest absolute Gasteiger partial charge is 0.479 e. The van der Waals surface area contributed by atoms with Gasteiger partial charge < -0.3 is 180 Å². The molecule has 0 aromatic carbocycles. The van der Waals surface area contributed by atoms with Crippen LogP contribution in [0.15, 0.2) is 0 Å². The first kappa shape index (κ1) is 73.0. The Morgan fingerprint density at radius 3 is 0.844 bits per heavy atom. The fraction of sp³-hybridized carbons (Fsp3) is 0.875. The number of amides is 3. The van der Waals surface area contributed by atoms with Gasteiger partial charge >= 0.3 is 17.9 Å². The summed E-state index contributed by atoms with van der Waals surface area (Å²) in [5.41, 5.74) is 0. The fourth-order valence-corrected chi connectivity index (χ4v) is 10.8. The first-order valence-corrected chi connectivity index (χ1v) is 27.6. The predicted octanol–water partition coefficient (Wildman–Crippen LogP) is -15.6. The lowest BCUT2D eigenvalue weighted by atomic mass is 9.94. The maximum absolute atomic E-state index is 12.9. The minimum absolute atomic E-state index is 0.849. The molecule has 0 aliphatic carbocycles. The van der Waals surface area contributed by atoms with Crippen molar-refractivity contribution in [2.75, 3.05) is 26.4 Å². The molecule has 90 heavy (non-hydrogen) atoms. The van der Waals surface area contributed by atoms with E-state index in [-0.39, 0.29) is 0 Å². The zero-order chi connectivity index (χ0) is 66.8. The number of carboxylic acid groups (broad SMARTS) is 3. The topological polar surface area (TPSA) is 663 Å². The Hall–Kier alpha value is -4.38. The summed E-state index contributed by atoms with van der Waals surface area (Å²) in [7, 11) is 0. The lowest BCUT2D eigenvalue weighted by Gasteiger charge is -2.48. The Balaban J connectivity index is 1.03. The molecular weight excluding hydrogens is 1240 g/mol. The number of carboxylic acids is 3. The second-order valence-electron chi connectivity index (χ2n) is 22.0. The second-order valence-corrected chi connectivity index (χ2v) is 22.0. The van der Waals surface area contributed by atoms with Crippen LogP contribution in [0.5, 0.6) is 0 Å². The summed E-state index contributed by atoms with van der Waals surface area (Å²) in [6.45, 7) is -1.12. The third-order valence-electron chi connectivity index (χ3n) is 15.6. The zero-order valence-corrected chi connectivity index (χ0v) is 47.2. The molecule has 7 saturated heterocycles. The number of ether oxygens (including phenoxy) is 13. The standard InChI is InChI=1S/C48H75N3O39/c1-8(53)49-15-23(61)34(37(40(73)74)88-43(15)78-5-12-19(57)25(63)29(67)42(77)81-12)86-47-31(69)27(65)21(59)14(83-47)7-80-45-17(51-10(3)55)24(62)35(38(90-45)41(75)76)87-48-32(70)28(66)20(58)13(84-48)6-79-44-16(50-9(2)54)22(60)33(36(89-44)39(71)72)85-46-30(68)26(64)18(56)11(4-52)82-46/h11-38,42-48,52,56-70,77H,4-7H2,1-3H3,(H,49,53)(H,50,54)(H,51,55)(H,71,72)(H,73,74)(H,75,76)/t11-,12-,13-,14-,15+,16+,17+,18-,19-,20-,21-,22-,23-,24-,25+,26+,27+,28+,29-,30-,31-,32-,33+,34+,35+,36+,37+,38+,42+,43-,44-,45-,46-,47-,48-/m1/s1. The van der Waals surface area contributed by atoms with E-state index < -0.39 is 277 Å². The summed E-state index contributed by atoms with van der Waals surface area (Å²) < 4.78 is 72.0. The van der Waals surface area contributed by atoms with Gasteiger partial charge in [0.25, 0.3) is 0 Å². The highest BCUT2D eigenvalue weighted by Gasteiger charge is 2.59. The molecule has 3 amide bonds. The third-order valence-corrected chi connectivity index (χ3v) is 15.6. The van der Waals surface area contributed by atoms with Gasteiger partial charge in [0.1, 0.15) is 152 Å². The smallest absolute Gasteiger partial charge is 0.335 e. The van der Waals surface area contributed by atoms with E-state index in [4.69, 9.17) is 61.6 Å². The van der Waals surface area contributed by atoms with Gasteiger partial charge in [0.15, 0.2) is 62.3 Å². The monoisotopic (exact) mass is 1320 g/mol. The Morgan fingerprint density at radius 2 is 0.578 bits per heavy atom. The number of nitrogens with one attached hydrogen (secondary N) is 3. The van der Waals surface area contributed by atoms with Crippen molar-refractivity contribution in [3.05, 3.63) is 0 Å². The molecule has 0 spiro atoms. The molecule has 7 heterocycles. The van der Waals surface area contributed by atoms with Crippen LogP contribution >= 0.6 is 0 Å². The van der Waals surface area contributed by atoms with Crippen molar-refractivity contribution in [1.82, 2.24) is 16.0 Å². The molecule has 7 aliphatic heterocycles. The maximum Gasteiger partial charge on any atom is 0.335 e. The Labute approximate surface area is 505 Å². The Bertz CT molecular complexity index is 2440. The highest BCUT2D eigenvalue weighted by atomic mass is 16.8. The molecule has 42 nitrogen and oxygen atoms in total. The number of aliphatic hydroxyl groups is 17. The molecule has 0 saturated carbocycles. The number of carbonyl (C=O) groups is 6. The van der Waals surface area contributed by atoms with Crippen molar-refractivity contribution in [2.24, 2.45) is 0 Å². The van der Waals surface area contributed by atoms with Crippen LogP contribution in [0.1, 0.15) is 20.8 Å². The molecule has 0 bridgehead atoms. The van der Waals surface area contributed by atoms with Gasteiger partial charge in [0.05, 0.1) is 26.4 Å². The predicted molar refractivity (Wildman–Crippen MR) is 268 cm³/mol. The van der Waals surface area contributed by atoms with Crippen LogP contribution < -0.4 is 16.0 Å². The Kier molecular flexibility index (Phi) is 25.0. The summed E-state index contributed by atoms with van der Waals surface area (Å²) in [6, 6.07) is -5.58. The van der Waals surface area contributed by atoms with Crippen LogP contribution in [-0.4, -0.2) is 379 Å². The van der Waals surface area contributed by atoms with E-state index in [1.54, 1.807) is 0 Å². The quantitative estimate of drug-likeness (QED) is 0.0479. The minimum atomic E-state index is -2.44. The van der Waals surface area contributed by atoms with Crippen molar-refractivity contribution < 1.29 is 192 Å². The number of aliphatic carboxylic acids is 3. The van der Waals surface area contributed by atoms with Crippen molar-refractivity contribution in [3.8, 4) is 0 Å². The van der Waals surface area contributed by atoms with Crippen molar-refractivity contribution in [1.29, 1.82) is 0 Å². The van der Waals surface area contributed by atoms with Gasteiger partial charge in [0.2, 0.25) is 17.7 Å². The molecule has 516 valence electrons. The van der Waals surface area contributed by atoms with E-state index in [9.17, 15) is 131 Å². The van der Waals surface area contributed by atoms with Crippen molar-refractivity contribution in [2.45, 2.75) is 236 Å². The number of hydrogen-bond donors (Lipinski definition) is 23. The Morgan fingerprint density at radius 1 is 0.322 bits per heavy atom. The SMILES string of the molecule is CC(=O)N[C@@H]1[C@H](OC[C@H]2O[C@H](O[C@H]3[C@H](O)[C@H](NC(C)=O)[C@H](OC[C@H]4O[C@H](O[C@H]5[C@H](O)[C@H](NC(C)=O)[C@H](OC[C@H]6O[C@H](O)[C@H](O)[C@@H](O)[C@@H]6O)O[C@@H]5C(=O)O)[C@H](O)[C@@H](O)[C@@H]4O)O[C@@H]3C(=O)O)[C@H](O)[C@@H](O)[C@@H]2O)O[C@H](C(=O)O)[C@@H](O[C@H]2O[C@H](CO)[C@@H](O)[C@H](O)[C@H]2O)[C@@H]1O. The van der Waals surface area contributed by atoms with Gasteiger partial charge in [-0.1, -0.05) is 0 Å². The molecule has 0 aromatic rings. The summed E-state index contributed by atoms with van der Waals surface area (Å²) in [5.74, 6) is -8.51. The van der Waals surface area contributed by atoms with Gasteiger partial charge in [-0.25, -0.2) is 14.4 Å². The number of hydrogen-bond acceptors (Lipinski definition) is 36. The summed E-state index contributed by atoms with van der Waals surface area (Å²) >= 11 is 0. The van der Waals surface area contributed by atoms with E-state index >= 15 is 0 Å². The van der Waals surface area contributed by atoms with Crippen LogP contribution in [0.2, 0.25) is 0 Å². The molecule has 0 unspecified atom stereocenters. The molecule has 0 aromatic heterocycles. The summed E-state index contributed by atoms with van der Waals surface area (Å²) in [4.78, 5) is 75.4. The van der Waals surface area contributed by atoms with Crippen molar-refractivity contribution in [3.63, 3.8) is 0 Å². The van der Waals surface area contributed by atoms with Crippen LogP contribution in [0.3, 0.4) is 0 Å². The van der Waals surface area contributed by atoms with Gasteiger partial charge in [-0.05, 0) is 0 Å². The van der Waals surface area contributed by atoms with Gasteiger partial charge in [-0.2, -0.15) is 0 Å². The second kappa shape index (κ2) is 30.8. The van der Waals surface area contributed by atoms with Gasteiger partial charge in [-0.3, -0.25) is 14.4 Å². The van der Waals surface area contributed by atoms with Crippen LogP contribution in [0.25, 0.3) is 0 Å². The van der Waals surface area contributed by atoms with Gasteiger partial charge in [0, 0.05) is 20.8 Å². The van der Waals surface area contributed by atoms with E-state index in [1.165, 1.54) is 0 Å². The fourth-order valence-electron chi connectivity index (χ4n) is 10.8. The third kappa shape index (κ3) is 16.0. The van der Waals surface area contributed by atoms with Crippen molar-refractivity contribution >= 4 is 35.6 Å². The maximum atomic E-state index is 12.9. The molecule has 42 heteroatoms. The first-order valence-electron chi connectivity index (χ1n) is 27.6. The lowest BCUT2D eigenvalue weighted by molar-refractivity contribution is -0.361. The molecule has 7 fully saturated rings. The first-order chi connectivity index (χ1) is 42.2. The average molecular weight is 1320 g/mol. The normalized spacial score (nSPS) is 47.5. The number of rotatable bonds is 22.